The van der Waals surface area contributed by atoms with Crippen molar-refractivity contribution in [2.24, 2.45) is 0 Å². The van der Waals surface area contributed by atoms with Crippen molar-refractivity contribution < 1.29 is 14.3 Å². The summed E-state index contributed by atoms with van der Waals surface area (Å²) >= 11 is 0. The SMILES string of the molecule is CC1CCCC(C)N1C(=O)COC(=O)c1ccc(N(C)C)cc1. The Kier molecular flexibility index (Phi) is 5.64. The maximum atomic E-state index is 12.3. The number of rotatable bonds is 4. The lowest BCUT2D eigenvalue weighted by Gasteiger charge is -2.38. The molecule has 5 heteroatoms. The van der Waals surface area contributed by atoms with Crippen molar-refractivity contribution in [2.75, 3.05) is 25.6 Å². The van der Waals surface area contributed by atoms with Gasteiger partial charge in [0, 0.05) is 31.9 Å². The maximum Gasteiger partial charge on any atom is 0.338 e. The lowest BCUT2D eigenvalue weighted by atomic mass is 9.97. The van der Waals surface area contributed by atoms with Crippen molar-refractivity contribution in [3.8, 4) is 0 Å². The highest BCUT2D eigenvalue weighted by Crippen LogP contribution is 2.22. The zero-order valence-electron chi connectivity index (χ0n) is 14.4. The highest BCUT2D eigenvalue weighted by molar-refractivity contribution is 5.91. The number of benzene rings is 1. The first-order valence-electron chi connectivity index (χ1n) is 8.16. The Morgan fingerprint density at radius 1 is 1.13 bits per heavy atom. The van der Waals surface area contributed by atoms with Crippen molar-refractivity contribution in [1.82, 2.24) is 4.90 Å². The second-order valence-electron chi connectivity index (χ2n) is 6.45. The predicted molar refractivity (Wildman–Crippen MR) is 90.7 cm³/mol. The fourth-order valence-corrected chi connectivity index (χ4v) is 3.09. The molecule has 0 N–H and O–H groups in total. The molecule has 1 saturated heterocycles. The van der Waals surface area contributed by atoms with Crippen molar-refractivity contribution in [1.29, 1.82) is 0 Å². The van der Waals surface area contributed by atoms with E-state index >= 15 is 0 Å². The Morgan fingerprint density at radius 3 is 2.22 bits per heavy atom. The molecule has 0 bridgehead atoms. The average Bonchev–Trinajstić information content (AvgIpc) is 2.52. The van der Waals surface area contributed by atoms with Gasteiger partial charge < -0.3 is 14.5 Å². The summed E-state index contributed by atoms with van der Waals surface area (Å²) < 4.78 is 5.20. The molecule has 0 aromatic heterocycles. The molecule has 5 nitrogen and oxygen atoms in total. The Morgan fingerprint density at radius 2 is 1.70 bits per heavy atom. The van der Waals surface area contributed by atoms with Crippen LogP contribution in [0.4, 0.5) is 5.69 Å². The normalized spacial score (nSPS) is 21.0. The van der Waals surface area contributed by atoms with E-state index in [-0.39, 0.29) is 24.6 Å². The lowest BCUT2D eigenvalue weighted by Crippen LogP contribution is -2.49. The van der Waals surface area contributed by atoms with Crippen LogP contribution in [-0.2, 0) is 9.53 Å². The molecule has 0 saturated carbocycles. The van der Waals surface area contributed by atoms with Gasteiger partial charge in [-0.1, -0.05) is 0 Å². The van der Waals surface area contributed by atoms with E-state index in [1.165, 1.54) is 0 Å². The molecule has 1 heterocycles. The fraction of sp³-hybridized carbons (Fsp3) is 0.556. The van der Waals surface area contributed by atoms with Crippen molar-refractivity contribution in [3.05, 3.63) is 29.8 Å². The molecule has 1 fully saturated rings. The summed E-state index contributed by atoms with van der Waals surface area (Å²) in [7, 11) is 3.87. The Bertz CT molecular complexity index is 544. The van der Waals surface area contributed by atoms with Crippen LogP contribution in [0, 0.1) is 0 Å². The van der Waals surface area contributed by atoms with Crippen molar-refractivity contribution >= 4 is 17.6 Å². The van der Waals surface area contributed by atoms with Gasteiger partial charge in [0.15, 0.2) is 6.61 Å². The van der Waals surface area contributed by atoms with Crippen LogP contribution < -0.4 is 4.90 Å². The van der Waals surface area contributed by atoms with Gasteiger partial charge in [0.1, 0.15) is 0 Å². The largest absolute Gasteiger partial charge is 0.452 e. The number of esters is 1. The molecule has 1 amide bonds. The number of hydrogen-bond donors (Lipinski definition) is 0. The molecular weight excluding hydrogens is 292 g/mol. The summed E-state index contributed by atoms with van der Waals surface area (Å²) in [6.45, 7) is 3.91. The third-order valence-electron chi connectivity index (χ3n) is 4.43. The van der Waals surface area contributed by atoms with Gasteiger partial charge in [-0.3, -0.25) is 4.79 Å². The van der Waals surface area contributed by atoms with Gasteiger partial charge in [-0.15, -0.1) is 0 Å². The first-order chi connectivity index (χ1) is 10.9. The van der Waals surface area contributed by atoms with Crippen LogP contribution in [0.1, 0.15) is 43.5 Å². The van der Waals surface area contributed by atoms with E-state index in [9.17, 15) is 9.59 Å². The highest BCUT2D eigenvalue weighted by atomic mass is 16.5. The van der Waals surface area contributed by atoms with Crippen LogP contribution in [-0.4, -0.2) is 49.6 Å². The second kappa shape index (κ2) is 7.49. The van der Waals surface area contributed by atoms with E-state index < -0.39 is 5.97 Å². The molecular formula is C18H26N2O3. The summed E-state index contributed by atoms with van der Waals surface area (Å²) in [5.74, 6) is -0.566. The molecule has 1 aliphatic heterocycles. The van der Waals surface area contributed by atoms with E-state index in [1.54, 1.807) is 12.1 Å². The zero-order chi connectivity index (χ0) is 17.0. The van der Waals surface area contributed by atoms with Crippen LogP contribution in [0.25, 0.3) is 0 Å². The summed E-state index contributed by atoms with van der Waals surface area (Å²) in [6, 6.07) is 7.57. The van der Waals surface area contributed by atoms with Gasteiger partial charge in [0.05, 0.1) is 5.56 Å². The third-order valence-corrected chi connectivity index (χ3v) is 4.43. The molecule has 2 unspecified atom stereocenters. The van der Waals surface area contributed by atoms with Crippen molar-refractivity contribution in [2.45, 2.75) is 45.2 Å². The molecule has 0 spiro atoms. The minimum Gasteiger partial charge on any atom is -0.452 e. The second-order valence-corrected chi connectivity index (χ2v) is 6.45. The molecule has 2 rings (SSSR count). The zero-order valence-corrected chi connectivity index (χ0v) is 14.4. The van der Waals surface area contributed by atoms with E-state index in [2.05, 4.69) is 13.8 Å². The van der Waals surface area contributed by atoms with Gasteiger partial charge >= 0.3 is 5.97 Å². The van der Waals surface area contributed by atoms with Crippen LogP contribution >= 0.6 is 0 Å². The highest BCUT2D eigenvalue weighted by Gasteiger charge is 2.29. The molecule has 0 aliphatic carbocycles. The third kappa shape index (κ3) is 4.24. The lowest BCUT2D eigenvalue weighted by molar-refractivity contribution is -0.140. The summed E-state index contributed by atoms with van der Waals surface area (Å²) in [4.78, 5) is 28.2. The molecule has 1 aromatic carbocycles. The van der Waals surface area contributed by atoms with E-state index in [4.69, 9.17) is 4.74 Å². The van der Waals surface area contributed by atoms with Crippen LogP contribution in [0.5, 0.6) is 0 Å². The molecule has 1 aliphatic rings. The first kappa shape index (κ1) is 17.3. The predicted octanol–water partition coefficient (Wildman–Crippen LogP) is 2.70. The van der Waals surface area contributed by atoms with Gasteiger partial charge in [0.2, 0.25) is 0 Å². The summed E-state index contributed by atoms with van der Waals surface area (Å²) in [5, 5.41) is 0. The van der Waals surface area contributed by atoms with Gasteiger partial charge in [0.25, 0.3) is 5.91 Å². The van der Waals surface area contributed by atoms with E-state index in [0.29, 0.717) is 5.56 Å². The number of piperidine rings is 1. The van der Waals surface area contributed by atoms with Crippen LogP contribution in [0.2, 0.25) is 0 Å². The van der Waals surface area contributed by atoms with E-state index in [0.717, 1.165) is 24.9 Å². The number of amides is 1. The van der Waals surface area contributed by atoms with Crippen LogP contribution in [0.15, 0.2) is 24.3 Å². The number of carbonyl (C=O) groups is 2. The topological polar surface area (TPSA) is 49.9 Å². The summed E-state index contributed by atoms with van der Waals surface area (Å²) in [6.07, 6.45) is 3.16. The van der Waals surface area contributed by atoms with Gasteiger partial charge in [-0.05, 0) is 57.4 Å². The molecule has 23 heavy (non-hydrogen) atoms. The Hall–Kier alpha value is -2.04. The summed E-state index contributed by atoms with van der Waals surface area (Å²) in [5.41, 5.74) is 1.47. The van der Waals surface area contributed by atoms with Gasteiger partial charge in [-0.25, -0.2) is 4.79 Å². The Balaban J connectivity index is 1.91. The number of likely N-dealkylation sites (tertiary alicyclic amines) is 1. The van der Waals surface area contributed by atoms with E-state index in [1.807, 2.05) is 36.0 Å². The molecule has 126 valence electrons. The van der Waals surface area contributed by atoms with Crippen molar-refractivity contribution in [3.63, 3.8) is 0 Å². The number of nitrogens with zero attached hydrogens (tertiary/aromatic N) is 2. The number of carbonyl (C=O) groups excluding carboxylic acids is 2. The molecule has 0 radical (unpaired) electrons. The molecule has 2 atom stereocenters. The quantitative estimate of drug-likeness (QED) is 0.801. The Labute approximate surface area is 138 Å². The number of ether oxygens (including phenoxy) is 1. The average molecular weight is 318 g/mol. The maximum absolute atomic E-state index is 12.3. The monoisotopic (exact) mass is 318 g/mol. The molecule has 1 aromatic rings. The number of anilines is 1. The smallest absolute Gasteiger partial charge is 0.338 e. The minimum atomic E-state index is -0.457. The minimum absolute atomic E-state index is 0.108. The van der Waals surface area contributed by atoms with Crippen LogP contribution in [0.3, 0.4) is 0 Å². The first-order valence-corrected chi connectivity index (χ1v) is 8.16. The fourth-order valence-electron chi connectivity index (χ4n) is 3.09. The van der Waals surface area contributed by atoms with Gasteiger partial charge in [-0.2, -0.15) is 0 Å². The number of hydrogen-bond acceptors (Lipinski definition) is 4. The standard InChI is InChI=1S/C18H26N2O3/c1-13-6-5-7-14(2)20(13)17(21)12-23-18(22)15-8-10-16(11-9-15)19(3)4/h8-11,13-14H,5-7,12H2,1-4H3.